The van der Waals surface area contributed by atoms with Gasteiger partial charge >= 0.3 is 6.09 Å². The molecule has 2 saturated heterocycles. The van der Waals surface area contributed by atoms with Gasteiger partial charge in [0.1, 0.15) is 47.3 Å². The number of anilines is 2. The molecule has 12 nitrogen and oxygen atoms in total. The third-order valence-corrected chi connectivity index (χ3v) is 8.92. The normalized spacial score (nSPS) is 20.2. The van der Waals surface area contributed by atoms with Gasteiger partial charge in [-0.05, 0) is 61.4 Å². The number of pyridine rings is 1. The predicted octanol–water partition coefficient (Wildman–Crippen LogP) is 4.23. The maximum atomic E-state index is 13.2. The highest BCUT2D eigenvalue weighted by Gasteiger charge is 2.36. The molecule has 2 unspecified atom stereocenters. The van der Waals surface area contributed by atoms with Crippen LogP contribution in [0.1, 0.15) is 59.3 Å². The highest BCUT2D eigenvalue weighted by molar-refractivity contribution is 6.21. The lowest BCUT2D eigenvalue weighted by molar-refractivity contribution is -0.134. The van der Waals surface area contributed by atoms with Crippen LogP contribution in [0.3, 0.4) is 0 Å². The van der Waals surface area contributed by atoms with E-state index >= 15 is 0 Å². The molecular formula is C31H31ClN8O4. The summed E-state index contributed by atoms with van der Waals surface area (Å²) in [7, 11) is 0. The third kappa shape index (κ3) is 5.41. The number of ether oxygens (including phenoxy) is 1. The zero-order chi connectivity index (χ0) is 30.4. The van der Waals surface area contributed by atoms with Gasteiger partial charge in [0.2, 0.25) is 5.91 Å². The first-order valence-corrected chi connectivity index (χ1v) is 15.1. The molecule has 3 N–H and O–H groups in total. The van der Waals surface area contributed by atoms with E-state index in [1.54, 1.807) is 35.6 Å². The number of aromatic nitrogens is 4. The molecule has 226 valence electrons. The van der Waals surface area contributed by atoms with Crippen LogP contribution >= 0.6 is 11.6 Å². The lowest BCUT2D eigenvalue weighted by Gasteiger charge is -2.36. The van der Waals surface area contributed by atoms with Crippen LogP contribution in [0.4, 0.5) is 16.4 Å². The van der Waals surface area contributed by atoms with Crippen LogP contribution in [0.25, 0.3) is 16.8 Å². The van der Waals surface area contributed by atoms with Crippen LogP contribution in [0.2, 0.25) is 0 Å². The van der Waals surface area contributed by atoms with E-state index in [9.17, 15) is 14.4 Å². The minimum Gasteiger partial charge on any atom is -0.448 e. The summed E-state index contributed by atoms with van der Waals surface area (Å²) in [6, 6.07) is 11.1. The number of hydrogen-bond donors (Lipinski definition) is 2. The van der Waals surface area contributed by atoms with Gasteiger partial charge in [0, 0.05) is 42.2 Å². The summed E-state index contributed by atoms with van der Waals surface area (Å²) in [5, 5.41) is 2.90. The van der Waals surface area contributed by atoms with Crippen LogP contribution in [0.15, 0.2) is 55.0 Å². The number of likely N-dealkylation sites (tertiary alicyclic amines) is 1. The Morgan fingerprint density at radius 1 is 1.05 bits per heavy atom. The summed E-state index contributed by atoms with van der Waals surface area (Å²) in [5.41, 5.74) is 9.60. The summed E-state index contributed by atoms with van der Waals surface area (Å²) >= 11 is 6.59. The molecule has 4 aromatic rings. The number of amides is 3. The van der Waals surface area contributed by atoms with E-state index < -0.39 is 11.6 Å². The molecular weight excluding hydrogens is 584 g/mol. The zero-order valence-electron chi connectivity index (χ0n) is 23.9. The molecule has 0 spiro atoms. The van der Waals surface area contributed by atoms with Crippen molar-refractivity contribution in [3.8, 4) is 11.3 Å². The molecule has 44 heavy (non-hydrogen) atoms. The number of nitrogen functional groups attached to an aromatic ring is 1. The number of rotatable bonds is 7. The highest BCUT2D eigenvalue weighted by atomic mass is 35.5. The lowest BCUT2D eigenvalue weighted by Crippen LogP contribution is -2.48. The Kier molecular flexibility index (Phi) is 7.29. The topological polar surface area (TPSA) is 148 Å². The van der Waals surface area contributed by atoms with Crippen molar-refractivity contribution in [1.82, 2.24) is 29.2 Å². The molecule has 2 aliphatic heterocycles. The average molecular weight is 615 g/mol. The van der Waals surface area contributed by atoms with E-state index in [4.69, 9.17) is 27.1 Å². The van der Waals surface area contributed by atoms with Gasteiger partial charge in [0.25, 0.3) is 5.91 Å². The third-order valence-electron chi connectivity index (χ3n) is 8.47. The van der Waals surface area contributed by atoms with Crippen LogP contribution in [0, 0.1) is 0 Å². The summed E-state index contributed by atoms with van der Waals surface area (Å²) < 4.78 is 6.88. The van der Waals surface area contributed by atoms with Gasteiger partial charge in [-0.15, -0.1) is 0 Å². The monoisotopic (exact) mass is 614 g/mol. The number of carbonyl (C=O) groups is 3. The fourth-order valence-corrected chi connectivity index (χ4v) is 6.27. The number of piperidine rings is 1. The molecule has 3 amide bonds. The zero-order valence-corrected chi connectivity index (χ0v) is 24.6. The number of cyclic esters (lactones) is 1. The van der Waals surface area contributed by atoms with Gasteiger partial charge in [-0.1, -0.05) is 23.7 Å². The molecule has 13 heteroatoms. The smallest absolute Gasteiger partial charge is 0.410 e. The number of nitrogens with one attached hydrogen (secondary N) is 1. The SMILES string of the molecule is Nc1nccn2c(C3CCC(Cl)N(C(=O)CN4CCOC4=O)C3)nc(-c3ccc(C(=O)Nc4cc(C5CC5)ccn4)cc3)c12. The number of halogens is 1. The second kappa shape index (κ2) is 11.4. The Hall–Kier alpha value is -4.71. The molecule has 7 rings (SSSR count). The number of nitrogens with two attached hydrogens (primary N) is 1. The summed E-state index contributed by atoms with van der Waals surface area (Å²) in [6.07, 6.45) is 8.27. The quantitative estimate of drug-likeness (QED) is 0.232. The fourth-order valence-electron chi connectivity index (χ4n) is 5.96. The Morgan fingerprint density at radius 3 is 2.59 bits per heavy atom. The second-order valence-electron chi connectivity index (χ2n) is 11.4. The molecule has 1 aliphatic carbocycles. The number of carbonyl (C=O) groups excluding carboxylic acids is 3. The largest absolute Gasteiger partial charge is 0.448 e. The van der Waals surface area contributed by atoms with Gasteiger partial charge in [0.15, 0.2) is 0 Å². The van der Waals surface area contributed by atoms with E-state index in [0.717, 1.165) is 11.4 Å². The van der Waals surface area contributed by atoms with Crippen molar-refractivity contribution in [3.05, 3.63) is 71.9 Å². The van der Waals surface area contributed by atoms with Crippen molar-refractivity contribution in [2.24, 2.45) is 0 Å². The van der Waals surface area contributed by atoms with Crippen LogP contribution in [0.5, 0.6) is 0 Å². The first kappa shape index (κ1) is 28.1. The second-order valence-corrected chi connectivity index (χ2v) is 11.9. The first-order chi connectivity index (χ1) is 21.4. The van der Waals surface area contributed by atoms with Crippen molar-refractivity contribution < 1.29 is 19.1 Å². The van der Waals surface area contributed by atoms with E-state index in [1.807, 2.05) is 28.7 Å². The van der Waals surface area contributed by atoms with Crippen LogP contribution in [-0.2, 0) is 9.53 Å². The number of alkyl halides is 1. The number of benzene rings is 1. The van der Waals surface area contributed by atoms with E-state index in [2.05, 4.69) is 15.3 Å². The van der Waals surface area contributed by atoms with Gasteiger partial charge in [-0.3, -0.25) is 18.9 Å². The highest BCUT2D eigenvalue weighted by Crippen LogP contribution is 2.40. The van der Waals surface area contributed by atoms with Gasteiger partial charge in [-0.2, -0.15) is 0 Å². The van der Waals surface area contributed by atoms with E-state index in [0.29, 0.717) is 60.3 Å². The predicted molar refractivity (Wildman–Crippen MR) is 163 cm³/mol. The Balaban J connectivity index is 1.13. The summed E-state index contributed by atoms with van der Waals surface area (Å²) in [6.45, 7) is 0.904. The molecule has 0 radical (unpaired) electrons. The lowest BCUT2D eigenvalue weighted by atomic mass is 9.97. The van der Waals surface area contributed by atoms with Crippen molar-refractivity contribution in [2.45, 2.75) is 43.0 Å². The molecule has 0 bridgehead atoms. The number of nitrogens with zero attached hydrogens (tertiary/aromatic N) is 6. The molecule has 3 aromatic heterocycles. The number of imidazole rings is 1. The van der Waals surface area contributed by atoms with Gasteiger partial charge in [-0.25, -0.2) is 19.7 Å². The summed E-state index contributed by atoms with van der Waals surface area (Å²) in [5.74, 6) is 1.52. The van der Waals surface area contributed by atoms with Gasteiger partial charge < -0.3 is 20.7 Å². The molecule has 3 fully saturated rings. The molecule has 1 aromatic carbocycles. The van der Waals surface area contributed by atoms with Crippen LogP contribution < -0.4 is 11.1 Å². The fraction of sp³-hybridized carbons (Fsp3) is 0.355. The maximum Gasteiger partial charge on any atom is 0.410 e. The molecule has 1 saturated carbocycles. The molecule has 3 aliphatic rings. The maximum absolute atomic E-state index is 13.2. The Bertz CT molecular complexity index is 1760. The van der Waals surface area contributed by atoms with Gasteiger partial charge in [0.05, 0.1) is 6.54 Å². The minimum absolute atomic E-state index is 0.0822. The number of fused-ring (bicyclic) bond motifs is 1. The van der Waals surface area contributed by atoms with Crippen molar-refractivity contribution >= 4 is 46.7 Å². The Morgan fingerprint density at radius 2 is 1.84 bits per heavy atom. The van der Waals surface area contributed by atoms with Crippen molar-refractivity contribution in [2.75, 3.05) is 37.3 Å². The Labute approximate surface area is 258 Å². The summed E-state index contributed by atoms with van der Waals surface area (Å²) in [4.78, 5) is 54.7. The first-order valence-electron chi connectivity index (χ1n) is 14.7. The number of hydrogen-bond acceptors (Lipinski definition) is 8. The standard InChI is InChI=1S/C31H31ClN8O4/c32-23-8-7-22(16-40(23)25(41)17-38-13-14-44-31(38)43)29-37-26(27-28(33)35-11-12-39(27)29)19-3-5-20(6-4-19)30(42)36-24-15-21(9-10-34-24)18-1-2-18/h3-6,9-12,15,18,22-23H,1-2,7-8,13-14,16-17H2,(H2,33,35)(H,34,36,42). The molecule has 2 atom stereocenters. The van der Waals surface area contributed by atoms with E-state index in [1.165, 1.54) is 23.3 Å². The minimum atomic E-state index is -0.493. The van der Waals surface area contributed by atoms with Crippen LogP contribution in [-0.4, -0.2) is 78.8 Å². The molecule has 5 heterocycles. The van der Waals surface area contributed by atoms with E-state index in [-0.39, 0.29) is 30.9 Å². The van der Waals surface area contributed by atoms with Crippen molar-refractivity contribution in [3.63, 3.8) is 0 Å². The van der Waals surface area contributed by atoms with Crippen molar-refractivity contribution in [1.29, 1.82) is 0 Å². The average Bonchev–Trinajstić information content (AvgIpc) is 3.70.